The molecule has 0 heterocycles. The van der Waals surface area contributed by atoms with Crippen molar-refractivity contribution >= 4 is 18.4 Å². The number of hydrogen-bond donors (Lipinski definition) is 2. The molecule has 0 aliphatic heterocycles. The molecule has 0 amide bonds. The van der Waals surface area contributed by atoms with Crippen molar-refractivity contribution in [2.75, 3.05) is 0 Å². The molecule has 16 heavy (non-hydrogen) atoms. The van der Waals surface area contributed by atoms with E-state index in [-0.39, 0.29) is 18.8 Å². The van der Waals surface area contributed by atoms with Gasteiger partial charge in [-0.25, -0.2) is 0 Å². The maximum atomic E-state index is 10.5. The molecule has 3 N–H and O–H groups in total. The smallest absolute Gasteiger partial charge is 0.305 e. The third-order valence-corrected chi connectivity index (χ3v) is 2.43. The lowest BCUT2D eigenvalue weighted by atomic mass is 9.98. The third-order valence-electron chi connectivity index (χ3n) is 2.43. The van der Waals surface area contributed by atoms with E-state index < -0.39 is 12.0 Å². The van der Waals surface area contributed by atoms with Gasteiger partial charge in [-0.3, -0.25) is 4.79 Å². The first-order valence-corrected chi connectivity index (χ1v) is 5.08. The van der Waals surface area contributed by atoms with Gasteiger partial charge in [0.15, 0.2) is 0 Å². The summed E-state index contributed by atoms with van der Waals surface area (Å²) in [6.07, 6.45) is -0.0268. The van der Waals surface area contributed by atoms with Crippen LogP contribution >= 0.6 is 12.4 Å². The Hall–Kier alpha value is -1.06. The van der Waals surface area contributed by atoms with Crippen molar-refractivity contribution in [1.82, 2.24) is 0 Å². The molecular formula is C12H18ClNO2. The Kier molecular flexibility index (Phi) is 6.08. The minimum atomic E-state index is -0.865. The standard InChI is InChI=1S/C12H17NO2.ClH/c1-8(2)9-3-5-10(6-4-9)11(13)7-12(14)15;/h3-6,8,11H,7,13H2,1-2H3,(H,14,15);1H/t11-;/m1./s1. The van der Waals surface area contributed by atoms with Gasteiger partial charge < -0.3 is 10.8 Å². The van der Waals surface area contributed by atoms with E-state index in [1.54, 1.807) is 0 Å². The van der Waals surface area contributed by atoms with Crippen LogP contribution in [0.1, 0.15) is 43.4 Å². The number of carboxylic acids is 1. The number of rotatable bonds is 4. The summed E-state index contributed by atoms with van der Waals surface area (Å²) < 4.78 is 0. The number of nitrogens with two attached hydrogens (primary N) is 1. The van der Waals surface area contributed by atoms with Crippen LogP contribution in [0.15, 0.2) is 24.3 Å². The Morgan fingerprint density at radius 3 is 2.06 bits per heavy atom. The van der Waals surface area contributed by atoms with Crippen LogP contribution in [-0.4, -0.2) is 11.1 Å². The first kappa shape index (κ1) is 14.9. The quantitative estimate of drug-likeness (QED) is 0.855. The van der Waals surface area contributed by atoms with E-state index >= 15 is 0 Å². The van der Waals surface area contributed by atoms with E-state index in [9.17, 15) is 4.79 Å². The first-order chi connectivity index (χ1) is 7.00. The number of carbonyl (C=O) groups is 1. The van der Waals surface area contributed by atoms with Crippen molar-refractivity contribution in [3.8, 4) is 0 Å². The van der Waals surface area contributed by atoms with Crippen LogP contribution in [0, 0.1) is 0 Å². The average Bonchev–Trinajstić information content (AvgIpc) is 2.17. The summed E-state index contributed by atoms with van der Waals surface area (Å²) >= 11 is 0. The molecule has 0 aromatic heterocycles. The molecule has 0 fully saturated rings. The molecule has 1 aromatic carbocycles. The maximum absolute atomic E-state index is 10.5. The first-order valence-electron chi connectivity index (χ1n) is 5.08. The van der Waals surface area contributed by atoms with Gasteiger partial charge in [0.25, 0.3) is 0 Å². The van der Waals surface area contributed by atoms with Gasteiger partial charge in [0, 0.05) is 6.04 Å². The third kappa shape index (κ3) is 4.21. The van der Waals surface area contributed by atoms with Crippen LogP contribution in [0.2, 0.25) is 0 Å². The largest absolute Gasteiger partial charge is 0.481 e. The molecule has 0 spiro atoms. The number of hydrogen-bond acceptors (Lipinski definition) is 2. The van der Waals surface area contributed by atoms with Crippen molar-refractivity contribution in [2.45, 2.75) is 32.2 Å². The van der Waals surface area contributed by atoms with Crippen LogP contribution < -0.4 is 5.73 Å². The Labute approximate surface area is 102 Å². The van der Waals surface area contributed by atoms with Crippen molar-refractivity contribution in [1.29, 1.82) is 0 Å². The summed E-state index contributed by atoms with van der Waals surface area (Å²) in [5, 5.41) is 8.61. The maximum Gasteiger partial charge on any atom is 0.305 e. The second-order valence-electron chi connectivity index (χ2n) is 4.03. The van der Waals surface area contributed by atoms with Gasteiger partial charge in [-0.05, 0) is 17.0 Å². The molecule has 0 unspecified atom stereocenters. The normalized spacial score (nSPS) is 12.0. The predicted molar refractivity (Wildman–Crippen MR) is 67.0 cm³/mol. The molecule has 0 saturated heterocycles. The van der Waals surface area contributed by atoms with Crippen molar-refractivity contribution in [2.24, 2.45) is 5.73 Å². The number of benzene rings is 1. The van der Waals surface area contributed by atoms with Crippen LogP contribution in [0.3, 0.4) is 0 Å². The number of halogens is 1. The highest BCUT2D eigenvalue weighted by molar-refractivity contribution is 5.85. The fraction of sp³-hybridized carbons (Fsp3) is 0.417. The Morgan fingerprint density at radius 1 is 1.25 bits per heavy atom. The topological polar surface area (TPSA) is 63.3 Å². The van der Waals surface area contributed by atoms with E-state index in [4.69, 9.17) is 10.8 Å². The van der Waals surface area contributed by atoms with Crippen LogP contribution in [-0.2, 0) is 4.79 Å². The zero-order valence-corrected chi connectivity index (χ0v) is 10.3. The monoisotopic (exact) mass is 243 g/mol. The van der Waals surface area contributed by atoms with E-state index in [0.29, 0.717) is 5.92 Å². The fourth-order valence-electron chi connectivity index (χ4n) is 1.43. The summed E-state index contributed by atoms with van der Waals surface area (Å²) in [7, 11) is 0. The Morgan fingerprint density at radius 2 is 1.69 bits per heavy atom. The lowest BCUT2D eigenvalue weighted by Gasteiger charge is -2.11. The van der Waals surface area contributed by atoms with Crippen LogP contribution in [0.5, 0.6) is 0 Å². The van der Waals surface area contributed by atoms with Crippen molar-refractivity contribution < 1.29 is 9.90 Å². The van der Waals surface area contributed by atoms with E-state index in [2.05, 4.69) is 13.8 Å². The molecular weight excluding hydrogens is 226 g/mol. The Bertz CT molecular complexity index is 335. The van der Waals surface area contributed by atoms with Gasteiger partial charge >= 0.3 is 5.97 Å². The van der Waals surface area contributed by atoms with Gasteiger partial charge in [0.05, 0.1) is 6.42 Å². The molecule has 0 aliphatic carbocycles. The van der Waals surface area contributed by atoms with Crippen LogP contribution in [0.4, 0.5) is 0 Å². The lowest BCUT2D eigenvalue weighted by molar-refractivity contribution is -0.137. The summed E-state index contributed by atoms with van der Waals surface area (Å²) in [4.78, 5) is 10.5. The van der Waals surface area contributed by atoms with Gasteiger partial charge in [0.1, 0.15) is 0 Å². The summed E-state index contributed by atoms with van der Waals surface area (Å²) in [6, 6.07) is 7.40. The summed E-state index contributed by atoms with van der Waals surface area (Å²) in [5.41, 5.74) is 7.86. The molecule has 0 radical (unpaired) electrons. The average molecular weight is 244 g/mol. The molecule has 0 saturated carbocycles. The highest BCUT2D eigenvalue weighted by atomic mass is 35.5. The second kappa shape index (κ2) is 6.51. The Balaban J connectivity index is 0.00000225. The highest BCUT2D eigenvalue weighted by Crippen LogP contribution is 2.19. The minimum Gasteiger partial charge on any atom is -0.481 e. The van der Waals surface area contributed by atoms with Crippen LogP contribution in [0.25, 0.3) is 0 Å². The van der Waals surface area contributed by atoms with E-state index in [0.717, 1.165) is 5.56 Å². The van der Waals surface area contributed by atoms with Gasteiger partial charge in [-0.2, -0.15) is 0 Å². The van der Waals surface area contributed by atoms with Crippen molar-refractivity contribution in [3.63, 3.8) is 0 Å². The highest BCUT2D eigenvalue weighted by Gasteiger charge is 2.10. The van der Waals surface area contributed by atoms with Gasteiger partial charge in [-0.1, -0.05) is 38.1 Å². The molecule has 0 aliphatic rings. The minimum absolute atomic E-state index is 0. The molecule has 1 aromatic rings. The zero-order chi connectivity index (χ0) is 11.4. The number of carboxylic acid groups (broad SMARTS) is 1. The summed E-state index contributed by atoms with van der Waals surface area (Å²) in [6.45, 7) is 4.23. The fourth-order valence-corrected chi connectivity index (χ4v) is 1.43. The van der Waals surface area contributed by atoms with E-state index in [1.165, 1.54) is 5.56 Å². The van der Waals surface area contributed by atoms with Crippen molar-refractivity contribution in [3.05, 3.63) is 35.4 Å². The molecule has 3 nitrogen and oxygen atoms in total. The predicted octanol–water partition coefficient (Wildman–Crippen LogP) is 2.71. The molecule has 0 bridgehead atoms. The molecule has 4 heteroatoms. The second-order valence-corrected chi connectivity index (χ2v) is 4.03. The molecule has 1 rings (SSSR count). The SMILES string of the molecule is CC(C)c1ccc([C@H](N)CC(=O)O)cc1.Cl. The zero-order valence-electron chi connectivity index (χ0n) is 9.51. The number of aliphatic carboxylic acids is 1. The van der Waals surface area contributed by atoms with Gasteiger partial charge in [0.2, 0.25) is 0 Å². The summed E-state index contributed by atoms with van der Waals surface area (Å²) in [5.74, 6) is -0.384. The molecule has 90 valence electrons. The van der Waals surface area contributed by atoms with Gasteiger partial charge in [-0.15, -0.1) is 12.4 Å². The lowest BCUT2D eigenvalue weighted by Crippen LogP contribution is -2.14. The molecule has 1 atom stereocenters. The van der Waals surface area contributed by atoms with E-state index in [1.807, 2.05) is 24.3 Å².